The van der Waals surface area contributed by atoms with Gasteiger partial charge in [0, 0.05) is 17.0 Å². The van der Waals surface area contributed by atoms with Crippen molar-refractivity contribution in [1.82, 2.24) is 4.98 Å². The smallest absolute Gasteiger partial charge is 0.336 e. The predicted molar refractivity (Wildman–Crippen MR) is 60.0 cm³/mol. The van der Waals surface area contributed by atoms with Crippen LogP contribution in [0.5, 0.6) is 5.88 Å². The molecule has 1 N–H and O–H groups in total. The molecule has 0 fully saturated rings. The summed E-state index contributed by atoms with van der Waals surface area (Å²) < 4.78 is 5.11. The predicted octanol–water partition coefficient (Wildman–Crippen LogP) is 2.25. The van der Waals surface area contributed by atoms with Crippen molar-refractivity contribution >= 4 is 16.7 Å². The monoisotopic (exact) mass is 217 g/mol. The molecule has 1 heterocycles. The van der Waals surface area contributed by atoms with E-state index in [-0.39, 0.29) is 5.56 Å². The number of carboxylic acid groups (broad SMARTS) is 1. The van der Waals surface area contributed by atoms with Crippen LogP contribution in [0, 0.1) is 6.92 Å². The van der Waals surface area contributed by atoms with E-state index >= 15 is 0 Å². The highest BCUT2D eigenvalue weighted by Gasteiger charge is 2.13. The standard InChI is InChI=1S/C12H11NO3/c1-7-6-13-11(16-2)8-4-3-5-9(10(7)8)12(14)15/h3-6H,1-2H3,(H,14,15). The van der Waals surface area contributed by atoms with Crippen molar-refractivity contribution in [1.29, 1.82) is 0 Å². The molecule has 0 aliphatic rings. The van der Waals surface area contributed by atoms with Gasteiger partial charge in [0.05, 0.1) is 12.7 Å². The van der Waals surface area contributed by atoms with Crippen molar-refractivity contribution in [3.63, 3.8) is 0 Å². The molecule has 0 radical (unpaired) electrons. The van der Waals surface area contributed by atoms with E-state index in [1.54, 1.807) is 24.4 Å². The van der Waals surface area contributed by atoms with E-state index in [1.165, 1.54) is 7.11 Å². The lowest BCUT2D eigenvalue weighted by Gasteiger charge is -2.08. The molecule has 0 saturated carbocycles. The Morgan fingerprint density at radius 1 is 1.44 bits per heavy atom. The Morgan fingerprint density at radius 2 is 2.19 bits per heavy atom. The third kappa shape index (κ3) is 1.48. The Morgan fingerprint density at radius 3 is 2.81 bits per heavy atom. The molecule has 16 heavy (non-hydrogen) atoms. The molecule has 0 amide bonds. The first-order valence-electron chi connectivity index (χ1n) is 4.80. The summed E-state index contributed by atoms with van der Waals surface area (Å²) in [5.41, 5.74) is 1.10. The van der Waals surface area contributed by atoms with Crippen LogP contribution in [0.4, 0.5) is 0 Å². The summed E-state index contributed by atoms with van der Waals surface area (Å²) in [4.78, 5) is 15.2. The number of carbonyl (C=O) groups is 1. The van der Waals surface area contributed by atoms with E-state index in [0.717, 1.165) is 10.9 Å². The zero-order chi connectivity index (χ0) is 11.7. The third-order valence-corrected chi connectivity index (χ3v) is 2.49. The first kappa shape index (κ1) is 10.4. The fraction of sp³-hybridized carbons (Fsp3) is 0.167. The van der Waals surface area contributed by atoms with E-state index in [0.29, 0.717) is 11.3 Å². The number of nitrogens with zero attached hydrogens (tertiary/aromatic N) is 1. The highest BCUT2D eigenvalue weighted by Crippen LogP contribution is 2.28. The van der Waals surface area contributed by atoms with Crippen LogP contribution in [-0.2, 0) is 0 Å². The number of pyridine rings is 1. The van der Waals surface area contributed by atoms with E-state index in [1.807, 2.05) is 6.92 Å². The van der Waals surface area contributed by atoms with E-state index in [4.69, 9.17) is 9.84 Å². The molecule has 4 nitrogen and oxygen atoms in total. The SMILES string of the molecule is COc1ncc(C)c2c(C(=O)O)cccc12. The second kappa shape index (κ2) is 3.81. The fourth-order valence-electron chi connectivity index (χ4n) is 1.79. The van der Waals surface area contributed by atoms with Crippen LogP contribution in [0.15, 0.2) is 24.4 Å². The molecule has 4 heteroatoms. The number of hydrogen-bond acceptors (Lipinski definition) is 3. The minimum Gasteiger partial charge on any atom is -0.481 e. The topological polar surface area (TPSA) is 59.4 Å². The average Bonchev–Trinajstić information content (AvgIpc) is 2.29. The van der Waals surface area contributed by atoms with Gasteiger partial charge in [0.25, 0.3) is 0 Å². The first-order chi connectivity index (χ1) is 7.65. The Labute approximate surface area is 92.5 Å². The Kier molecular flexibility index (Phi) is 2.48. The quantitative estimate of drug-likeness (QED) is 0.838. The Balaban J connectivity index is 2.91. The fourth-order valence-corrected chi connectivity index (χ4v) is 1.79. The molecule has 0 aliphatic heterocycles. The average molecular weight is 217 g/mol. The summed E-state index contributed by atoms with van der Waals surface area (Å²) in [7, 11) is 1.52. The molecule has 1 aromatic heterocycles. The summed E-state index contributed by atoms with van der Waals surface area (Å²) in [6.45, 7) is 1.83. The molecule has 0 saturated heterocycles. The van der Waals surface area contributed by atoms with Crippen LogP contribution >= 0.6 is 0 Å². The number of hydrogen-bond donors (Lipinski definition) is 1. The number of aromatic carboxylic acids is 1. The minimum atomic E-state index is -0.943. The minimum absolute atomic E-state index is 0.274. The van der Waals surface area contributed by atoms with Gasteiger partial charge in [-0.3, -0.25) is 0 Å². The van der Waals surface area contributed by atoms with Crippen molar-refractivity contribution in [2.24, 2.45) is 0 Å². The summed E-state index contributed by atoms with van der Waals surface area (Å²) >= 11 is 0. The van der Waals surface area contributed by atoms with Crippen molar-refractivity contribution < 1.29 is 14.6 Å². The molecule has 0 bridgehead atoms. The molecule has 82 valence electrons. The molecular formula is C12H11NO3. The summed E-state index contributed by atoms with van der Waals surface area (Å²) in [6.07, 6.45) is 1.62. The van der Waals surface area contributed by atoms with Gasteiger partial charge in [-0.15, -0.1) is 0 Å². The maximum absolute atomic E-state index is 11.1. The van der Waals surface area contributed by atoms with Gasteiger partial charge in [-0.05, 0) is 24.6 Å². The van der Waals surface area contributed by atoms with E-state index < -0.39 is 5.97 Å². The number of carboxylic acids is 1. The molecule has 0 atom stereocenters. The maximum atomic E-state index is 11.1. The molecule has 2 rings (SSSR count). The molecule has 2 aromatic rings. The van der Waals surface area contributed by atoms with Gasteiger partial charge in [0.2, 0.25) is 5.88 Å². The van der Waals surface area contributed by atoms with E-state index in [9.17, 15) is 4.79 Å². The number of aromatic nitrogens is 1. The van der Waals surface area contributed by atoms with Gasteiger partial charge in [-0.25, -0.2) is 9.78 Å². The Hall–Kier alpha value is -2.10. The lowest BCUT2D eigenvalue weighted by molar-refractivity contribution is 0.0699. The van der Waals surface area contributed by atoms with Gasteiger partial charge >= 0.3 is 5.97 Å². The van der Waals surface area contributed by atoms with Crippen molar-refractivity contribution in [2.75, 3.05) is 7.11 Å². The van der Waals surface area contributed by atoms with E-state index in [2.05, 4.69) is 4.98 Å². The number of methoxy groups -OCH3 is 1. The van der Waals surface area contributed by atoms with Gasteiger partial charge in [0.1, 0.15) is 0 Å². The van der Waals surface area contributed by atoms with Crippen molar-refractivity contribution in [3.05, 3.63) is 35.5 Å². The first-order valence-corrected chi connectivity index (χ1v) is 4.80. The largest absolute Gasteiger partial charge is 0.481 e. The second-order valence-corrected chi connectivity index (χ2v) is 3.48. The lowest BCUT2D eigenvalue weighted by Crippen LogP contribution is -2.00. The number of aryl methyl sites for hydroxylation is 1. The maximum Gasteiger partial charge on any atom is 0.336 e. The van der Waals surface area contributed by atoms with Gasteiger partial charge in [-0.2, -0.15) is 0 Å². The normalized spacial score (nSPS) is 10.4. The zero-order valence-corrected chi connectivity index (χ0v) is 9.02. The highest BCUT2D eigenvalue weighted by atomic mass is 16.5. The number of ether oxygens (including phenoxy) is 1. The summed E-state index contributed by atoms with van der Waals surface area (Å²) in [5, 5.41) is 10.5. The molecule has 0 unspecified atom stereocenters. The zero-order valence-electron chi connectivity index (χ0n) is 9.02. The van der Waals surface area contributed by atoms with Crippen molar-refractivity contribution in [2.45, 2.75) is 6.92 Å². The lowest BCUT2D eigenvalue weighted by atomic mass is 10.0. The Bertz CT molecular complexity index is 563. The molecule has 1 aromatic carbocycles. The van der Waals surface area contributed by atoms with Crippen molar-refractivity contribution in [3.8, 4) is 5.88 Å². The van der Waals surface area contributed by atoms with Gasteiger partial charge < -0.3 is 9.84 Å². The summed E-state index contributed by atoms with van der Waals surface area (Å²) in [6, 6.07) is 5.08. The van der Waals surface area contributed by atoms with Gasteiger partial charge in [0.15, 0.2) is 0 Å². The van der Waals surface area contributed by atoms with Crippen LogP contribution in [0.3, 0.4) is 0 Å². The van der Waals surface area contributed by atoms with Crippen LogP contribution < -0.4 is 4.74 Å². The highest BCUT2D eigenvalue weighted by molar-refractivity contribution is 6.06. The number of rotatable bonds is 2. The molecular weight excluding hydrogens is 206 g/mol. The van der Waals surface area contributed by atoms with Gasteiger partial charge in [-0.1, -0.05) is 6.07 Å². The van der Waals surface area contributed by atoms with Crippen LogP contribution in [0.1, 0.15) is 15.9 Å². The van der Waals surface area contributed by atoms with Crippen LogP contribution in [-0.4, -0.2) is 23.2 Å². The third-order valence-electron chi connectivity index (χ3n) is 2.49. The summed E-state index contributed by atoms with van der Waals surface area (Å²) in [5.74, 6) is -0.495. The molecule has 0 spiro atoms. The number of fused-ring (bicyclic) bond motifs is 1. The molecule has 0 aliphatic carbocycles. The second-order valence-electron chi connectivity index (χ2n) is 3.48. The number of benzene rings is 1. The van der Waals surface area contributed by atoms with Crippen LogP contribution in [0.25, 0.3) is 10.8 Å². The van der Waals surface area contributed by atoms with Crippen LogP contribution in [0.2, 0.25) is 0 Å².